The molecule has 0 saturated heterocycles. The van der Waals surface area contributed by atoms with Gasteiger partial charge in [-0.05, 0) is 62.6 Å². The fourth-order valence-corrected chi connectivity index (χ4v) is 2.49. The number of aromatic hydroxyl groups is 1. The highest BCUT2D eigenvalue weighted by Crippen LogP contribution is 2.14. The summed E-state index contributed by atoms with van der Waals surface area (Å²) in [6.45, 7) is 2.22. The molecule has 0 aromatic heterocycles. The Labute approximate surface area is 136 Å². The molecule has 0 aliphatic carbocycles. The number of rotatable bonds is 12. The molecule has 0 aliphatic rings. The molecule has 1 aromatic carbocycles. The minimum Gasteiger partial charge on any atom is -0.508 e. The first-order valence-corrected chi connectivity index (χ1v) is 8.91. The fraction of sp³-hybridized carbons (Fsp3) is 0.524. The Kier molecular flexibility index (Phi) is 11.1. The number of hydrogen-bond donors (Lipinski definition) is 1. The van der Waals surface area contributed by atoms with Gasteiger partial charge in [0.25, 0.3) is 0 Å². The van der Waals surface area contributed by atoms with Crippen LogP contribution in [0.3, 0.4) is 0 Å². The molecule has 1 N–H and O–H groups in total. The monoisotopic (exact) mass is 300 g/mol. The smallest absolute Gasteiger partial charge is 0.115 e. The number of phenolic OH excluding ortho intramolecular Hbond substituents is 1. The summed E-state index contributed by atoms with van der Waals surface area (Å²) < 4.78 is 0. The molecule has 1 rings (SSSR count). The summed E-state index contributed by atoms with van der Waals surface area (Å²) in [4.78, 5) is 0. The van der Waals surface area contributed by atoms with E-state index in [1.807, 2.05) is 12.1 Å². The molecule has 1 heteroatoms. The van der Waals surface area contributed by atoms with Gasteiger partial charge in [0.15, 0.2) is 0 Å². The molecule has 0 unspecified atom stereocenters. The number of hydrogen-bond acceptors (Lipinski definition) is 1. The lowest BCUT2D eigenvalue weighted by atomic mass is 10.1. The second kappa shape index (κ2) is 13.2. The second-order valence-electron chi connectivity index (χ2n) is 5.93. The summed E-state index contributed by atoms with van der Waals surface area (Å²) in [5, 5.41) is 9.41. The zero-order chi connectivity index (χ0) is 15.9. The van der Waals surface area contributed by atoms with Crippen LogP contribution in [0.15, 0.2) is 48.6 Å². The van der Waals surface area contributed by atoms with Crippen LogP contribution < -0.4 is 0 Å². The highest BCUT2D eigenvalue weighted by atomic mass is 16.3. The van der Waals surface area contributed by atoms with Gasteiger partial charge in [0.1, 0.15) is 5.75 Å². The van der Waals surface area contributed by atoms with Gasteiger partial charge >= 0.3 is 0 Å². The van der Waals surface area contributed by atoms with Gasteiger partial charge in [-0.3, -0.25) is 0 Å². The molecular formula is C21H32O. The maximum Gasteiger partial charge on any atom is 0.115 e. The Hall–Kier alpha value is -1.50. The van der Waals surface area contributed by atoms with Gasteiger partial charge in [-0.15, -0.1) is 0 Å². The second-order valence-corrected chi connectivity index (χ2v) is 5.93. The molecule has 0 saturated carbocycles. The maximum absolute atomic E-state index is 9.41. The van der Waals surface area contributed by atoms with Crippen LogP contribution in [-0.2, 0) is 6.42 Å². The number of benzene rings is 1. The average Bonchev–Trinajstić information content (AvgIpc) is 2.52. The van der Waals surface area contributed by atoms with Crippen LogP contribution in [-0.4, -0.2) is 5.11 Å². The molecule has 1 aromatic rings. The highest BCUT2D eigenvalue weighted by Gasteiger charge is 1.95. The van der Waals surface area contributed by atoms with Gasteiger partial charge < -0.3 is 5.11 Å². The number of unbranched alkanes of at least 4 members (excludes halogenated alkanes) is 6. The summed E-state index contributed by atoms with van der Waals surface area (Å²) in [6, 6.07) is 7.62. The molecule has 1 nitrogen and oxygen atoms in total. The Morgan fingerprint density at radius 3 is 2.23 bits per heavy atom. The van der Waals surface area contributed by atoms with Gasteiger partial charge in [-0.2, -0.15) is 0 Å². The molecule has 122 valence electrons. The van der Waals surface area contributed by atoms with E-state index in [1.165, 1.54) is 63.4 Å². The van der Waals surface area contributed by atoms with Crippen LogP contribution in [0.4, 0.5) is 0 Å². The first-order valence-electron chi connectivity index (χ1n) is 8.91. The molecule has 0 atom stereocenters. The van der Waals surface area contributed by atoms with Gasteiger partial charge in [0.2, 0.25) is 0 Å². The van der Waals surface area contributed by atoms with Crippen molar-refractivity contribution in [3.05, 3.63) is 54.1 Å². The Balaban J connectivity index is 1.91. The lowest BCUT2D eigenvalue weighted by Crippen LogP contribution is -1.85. The average molecular weight is 300 g/mol. The van der Waals surface area contributed by atoms with Crippen molar-refractivity contribution in [2.75, 3.05) is 0 Å². The third-order valence-corrected chi connectivity index (χ3v) is 3.79. The lowest BCUT2D eigenvalue weighted by Gasteiger charge is -2.02. The molecule has 0 amide bonds. The SMILES string of the molecule is CCC/C=C/CC/C=C/CCCCCCc1cccc(O)c1. The topological polar surface area (TPSA) is 20.2 Å². The third-order valence-electron chi connectivity index (χ3n) is 3.79. The summed E-state index contributed by atoms with van der Waals surface area (Å²) in [6.07, 6.45) is 21.5. The fourth-order valence-electron chi connectivity index (χ4n) is 2.49. The maximum atomic E-state index is 9.41. The quantitative estimate of drug-likeness (QED) is 0.341. The number of phenols is 1. The van der Waals surface area contributed by atoms with E-state index in [1.54, 1.807) is 6.07 Å². The van der Waals surface area contributed by atoms with Crippen LogP contribution in [0.2, 0.25) is 0 Å². The molecular weight excluding hydrogens is 268 g/mol. The van der Waals surface area contributed by atoms with E-state index in [0.29, 0.717) is 5.75 Å². The summed E-state index contributed by atoms with van der Waals surface area (Å²) in [5.74, 6) is 0.382. The van der Waals surface area contributed by atoms with Crippen molar-refractivity contribution in [3.8, 4) is 5.75 Å². The zero-order valence-electron chi connectivity index (χ0n) is 14.1. The molecule has 0 radical (unpaired) electrons. The first-order chi connectivity index (χ1) is 10.8. The van der Waals surface area contributed by atoms with Gasteiger partial charge in [0.05, 0.1) is 0 Å². The van der Waals surface area contributed by atoms with E-state index in [-0.39, 0.29) is 0 Å². The van der Waals surface area contributed by atoms with Gasteiger partial charge in [-0.1, -0.05) is 62.6 Å². The molecule has 0 heterocycles. The summed E-state index contributed by atoms with van der Waals surface area (Å²) in [5.41, 5.74) is 1.25. The highest BCUT2D eigenvalue weighted by molar-refractivity contribution is 5.27. The Morgan fingerprint density at radius 2 is 1.50 bits per heavy atom. The minimum absolute atomic E-state index is 0.382. The minimum atomic E-state index is 0.382. The van der Waals surface area contributed by atoms with Crippen molar-refractivity contribution in [3.63, 3.8) is 0 Å². The van der Waals surface area contributed by atoms with Crippen molar-refractivity contribution in [2.45, 2.75) is 71.1 Å². The molecule has 0 aliphatic heterocycles. The van der Waals surface area contributed by atoms with E-state index >= 15 is 0 Å². The molecule has 0 bridgehead atoms. The molecule has 0 fully saturated rings. The predicted octanol–water partition coefficient (Wildman–Crippen LogP) is 6.58. The van der Waals surface area contributed by atoms with Gasteiger partial charge in [-0.25, -0.2) is 0 Å². The van der Waals surface area contributed by atoms with Crippen molar-refractivity contribution in [1.29, 1.82) is 0 Å². The van der Waals surface area contributed by atoms with E-state index in [4.69, 9.17) is 0 Å². The number of aryl methyl sites for hydroxylation is 1. The Bertz CT molecular complexity index is 431. The first kappa shape index (κ1) is 18.5. The van der Waals surface area contributed by atoms with Gasteiger partial charge in [0, 0.05) is 0 Å². The van der Waals surface area contributed by atoms with Crippen LogP contribution in [0.25, 0.3) is 0 Å². The molecule has 22 heavy (non-hydrogen) atoms. The van der Waals surface area contributed by atoms with E-state index in [0.717, 1.165) is 6.42 Å². The Morgan fingerprint density at radius 1 is 0.818 bits per heavy atom. The summed E-state index contributed by atoms with van der Waals surface area (Å²) in [7, 11) is 0. The van der Waals surface area contributed by atoms with Crippen LogP contribution in [0.5, 0.6) is 5.75 Å². The van der Waals surface area contributed by atoms with Crippen molar-refractivity contribution in [1.82, 2.24) is 0 Å². The molecule has 0 spiro atoms. The number of allylic oxidation sites excluding steroid dienone is 4. The standard InChI is InChI=1S/C21H32O/c1-2-3-4-5-6-7-8-9-10-11-12-13-14-16-20-17-15-18-21(22)19-20/h4-5,8-9,15,17-19,22H,2-3,6-7,10-14,16H2,1H3/b5-4+,9-8+. The van der Waals surface area contributed by atoms with Crippen LogP contribution in [0, 0.1) is 0 Å². The van der Waals surface area contributed by atoms with Crippen molar-refractivity contribution < 1.29 is 5.11 Å². The zero-order valence-corrected chi connectivity index (χ0v) is 14.1. The van der Waals surface area contributed by atoms with Crippen molar-refractivity contribution >= 4 is 0 Å². The largest absolute Gasteiger partial charge is 0.508 e. The third kappa shape index (κ3) is 10.3. The summed E-state index contributed by atoms with van der Waals surface area (Å²) >= 11 is 0. The van der Waals surface area contributed by atoms with Crippen LogP contribution >= 0.6 is 0 Å². The van der Waals surface area contributed by atoms with Crippen molar-refractivity contribution in [2.24, 2.45) is 0 Å². The van der Waals surface area contributed by atoms with E-state index in [2.05, 4.69) is 37.3 Å². The van der Waals surface area contributed by atoms with E-state index in [9.17, 15) is 5.11 Å². The lowest BCUT2D eigenvalue weighted by molar-refractivity contribution is 0.474. The predicted molar refractivity (Wildman–Crippen MR) is 97.3 cm³/mol. The normalized spacial score (nSPS) is 11.7. The van der Waals surface area contributed by atoms with Crippen LogP contribution in [0.1, 0.15) is 70.3 Å². The van der Waals surface area contributed by atoms with E-state index < -0.39 is 0 Å².